The molecule has 1 N–H and O–H groups in total. The van der Waals surface area contributed by atoms with Crippen LogP contribution in [-0.4, -0.2) is 14.5 Å². The van der Waals surface area contributed by atoms with Gasteiger partial charge in [0.2, 0.25) is 0 Å². The van der Waals surface area contributed by atoms with Gasteiger partial charge in [0.25, 0.3) is 0 Å². The summed E-state index contributed by atoms with van der Waals surface area (Å²) in [6.45, 7) is 9.54. The molecule has 0 saturated carbocycles. The second-order valence-electron chi connectivity index (χ2n) is 5.40. The second-order valence-corrected chi connectivity index (χ2v) is 5.79. The van der Waals surface area contributed by atoms with Crippen molar-refractivity contribution in [2.45, 2.75) is 34.2 Å². The summed E-state index contributed by atoms with van der Waals surface area (Å²) in [5, 5.41) is 0. The molecule has 0 amide bonds. The van der Waals surface area contributed by atoms with E-state index in [-0.39, 0.29) is 5.41 Å². The van der Waals surface area contributed by atoms with Crippen LogP contribution in [0.4, 0.5) is 0 Å². The summed E-state index contributed by atoms with van der Waals surface area (Å²) in [4.78, 5) is 7.65. The van der Waals surface area contributed by atoms with Crippen molar-refractivity contribution < 1.29 is 0 Å². The summed E-state index contributed by atoms with van der Waals surface area (Å²) < 4.78 is 2.84. The molecule has 16 heavy (non-hydrogen) atoms. The number of nitrogens with one attached hydrogen (secondary N) is 1. The molecule has 0 spiro atoms. The zero-order valence-electron chi connectivity index (χ0n) is 10.2. The first-order valence-corrected chi connectivity index (χ1v) is 5.83. The van der Waals surface area contributed by atoms with Crippen molar-refractivity contribution in [3.63, 3.8) is 0 Å². The van der Waals surface area contributed by atoms with E-state index in [2.05, 4.69) is 42.2 Å². The third-order valence-corrected chi connectivity index (χ3v) is 2.83. The number of aryl methyl sites for hydroxylation is 1. The second kappa shape index (κ2) is 3.70. The molecular weight excluding hydrogens is 218 g/mol. The Morgan fingerprint density at radius 1 is 1.44 bits per heavy atom. The maximum absolute atomic E-state index is 5.35. The van der Waals surface area contributed by atoms with Crippen LogP contribution < -0.4 is 0 Å². The Morgan fingerprint density at radius 3 is 2.75 bits per heavy atom. The van der Waals surface area contributed by atoms with Gasteiger partial charge in [0.1, 0.15) is 0 Å². The molecule has 2 rings (SSSR count). The monoisotopic (exact) mass is 235 g/mol. The number of imidazole rings is 1. The zero-order chi connectivity index (χ0) is 11.9. The fourth-order valence-electron chi connectivity index (χ4n) is 1.79. The lowest BCUT2D eigenvalue weighted by molar-refractivity contribution is 0.345. The highest BCUT2D eigenvalue weighted by Gasteiger charge is 2.15. The molecule has 0 bridgehead atoms. The van der Waals surface area contributed by atoms with Gasteiger partial charge in [-0.3, -0.25) is 0 Å². The Labute approximate surface area is 101 Å². The first-order valence-electron chi connectivity index (χ1n) is 5.42. The number of nitrogens with zero attached hydrogens (tertiary/aromatic N) is 2. The number of hydrogen-bond acceptors (Lipinski definition) is 2. The lowest BCUT2D eigenvalue weighted by Gasteiger charge is -2.18. The molecule has 0 aromatic carbocycles. The van der Waals surface area contributed by atoms with Crippen molar-refractivity contribution in [2.75, 3.05) is 0 Å². The highest BCUT2D eigenvalue weighted by molar-refractivity contribution is 7.71. The molecule has 0 saturated heterocycles. The topological polar surface area (TPSA) is 33.6 Å². The van der Waals surface area contributed by atoms with Crippen LogP contribution in [0, 0.1) is 17.1 Å². The standard InChI is InChI=1S/C12H17N3S/c1-8-5-6-13-10-9(8)14-11(16)15(10)7-12(2,3)4/h5-6H,7H2,1-4H3,(H,14,16). The van der Waals surface area contributed by atoms with Crippen molar-refractivity contribution in [3.05, 3.63) is 22.6 Å². The minimum atomic E-state index is 0.193. The predicted molar refractivity (Wildman–Crippen MR) is 69.1 cm³/mol. The van der Waals surface area contributed by atoms with Crippen LogP contribution in [0.1, 0.15) is 26.3 Å². The largest absolute Gasteiger partial charge is 0.329 e. The van der Waals surface area contributed by atoms with E-state index in [0.29, 0.717) is 0 Å². The fraction of sp³-hybridized carbons (Fsp3) is 0.500. The van der Waals surface area contributed by atoms with Crippen molar-refractivity contribution in [1.82, 2.24) is 14.5 Å². The highest BCUT2D eigenvalue weighted by atomic mass is 32.1. The van der Waals surface area contributed by atoms with Crippen LogP contribution in [0.15, 0.2) is 12.3 Å². The van der Waals surface area contributed by atoms with Crippen LogP contribution in [0.5, 0.6) is 0 Å². The van der Waals surface area contributed by atoms with Gasteiger partial charge in [0.15, 0.2) is 10.4 Å². The molecule has 4 heteroatoms. The summed E-state index contributed by atoms with van der Waals surface area (Å²) in [5.74, 6) is 0. The van der Waals surface area contributed by atoms with E-state index in [1.165, 1.54) is 5.56 Å². The predicted octanol–water partition coefficient (Wildman–Crippen LogP) is 3.45. The van der Waals surface area contributed by atoms with E-state index in [9.17, 15) is 0 Å². The first kappa shape index (κ1) is 11.3. The van der Waals surface area contributed by atoms with Crippen molar-refractivity contribution in [2.24, 2.45) is 5.41 Å². The van der Waals surface area contributed by atoms with Crippen LogP contribution >= 0.6 is 12.2 Å². The van der Waals surface area contributed by atoms with Crippen molar-refractivity contribution in [1.29, 1.82) is 0 Å². The van der Waals surface area contributed by atoms with Crippen LogP contribution in [0.2, 0.25) is 0 Å². The number of fused-ring (bicyclic) bond motifs is 1. The minimum absolute atomic E-state index is 0.193. The number of aromatic amines is 1. The van der Waals surface area contributed by atoms with E-state index in [1.54, 1.807) is 0 Å². The van der Waals surface area contributed by atoms with Gasteiger partial charge in [-0.05, 0) is 36.2 Å². The molecule has 0 fully saturated rings. The van der Waals surface area contributed by atoms with Gasteiger partial charge in [-0.2, -0.15) is 0 Å². The van der Waals surface area contributed by atoms with E-state index >= 15 is 0 Å². The molecule has 0 aliphatic heterocycles. The lowest BCUT2D eigenvalue weighted by Crippen LogP contribution is -2.15. The number of aromatic nitrogens is 3. The Morgan fingerprint density at radius 2 is 2.12 bits per heavy atom. The molecule has 0 aliphatic carbocycles. The fourth-order valence-corrected chi connectivity index (χ4v) is 2.05. The maximum Gasteiger partial charge on any atom is 0.179 e. The SMILES string of the molecule is Cc1ccnc2c1[nH]c(=S)n2CC(C)(C)C. The van der Waals surface area contributed by atoms with Gasteiger partial charge in [0, 0.05) is 12.7 Å². The van der Waals surface area contributed by atoms with Gasteiger partial charge in [-0.25, -0.2) is 4.98 Å². The van der Waals surface area contributed by atoms with E-state index < -0.39 is 0 Å². The third kappa shape index (κ3) is 2.02. The molecule has 0 unspecified atom stereocenters. The Hall–Kier alpha value is -1.16. The summed E-state index contributed by atoms with van der Waals surface area (Å²) in [5.41, 5.74) is 3.39. The molecule has 3 nitrogen and oxygen atoms in total. The van der Waals surface area contributed by atoms with Gasteiger partial charge >= 0.3 is 0 Å². The smallest absolute Gasteiger partial charge is 0.179 e. The van der Waals surface area contributed by atoms with Crippen LogP contribution in [0.25, 0.3) is 11.2 Å². The number of rotatable bonds is 1. The molecule has 0 atom stereocenters. The van der Waals surface area contributed by atoms with Crippen LogP contribution in [0.3, 0.4) is 0 Å². The average molecular weight is 235 g/mol. The van der Waals surface area contributed by atoms with Crippen molar-refractivity contribution in [3.8, 4) is 0 Å². The summed E-state index contributed by atoms with van der Waals surface area (Å²) in [6, 6.07) is 2.00. The quantitative estimate of drug-likeness (QED) is 0.768. The Bertz CT molecular complexity index is 572. The summed E-state index contributed by atoms with van der Waals surface area (Å²) in [6.07, 6.45) is 1.83. The van der Waals surface area contributed by atoms with E-state index in [4.69, 9.17) is 12.2 Å². The average Bonchev–Trinajstić information content (AvgIpc) is 2.44. The minimum Gasteiger partial charge on any atom is -0.329 e. The molecule has 0 radical (unpaired) electrons. The normalized spacial score (nSPS) is 12.2. The Balaban J connectivity index is 2.66. The van der Waals surface area contributed by atoms with E-state index in [1.807, 2.05) is 12.3 Å². The molecular formula is C12H17N3S. The summed E-state index contributed by atoms with van der Waals surface area (Å²) >= 11 is 5.35. The summed E-state index contributed by atoms with van der Waals surface area (Å²) in [7, 11) is 0. The zero-order valence-corrected chi connectivity index (χ0v) is 11.0. The Kier molecular flexibility index (Phi) is 2.62. The third-order valence-electron chi connectivity index (χ3n) is 2.50. The van der Waals surface area contributed by atoms with Gasteiger partial charge < -0.3 is 9.55 Å². The molecule has 86 valence electrons. The molecule has 2 aromatic heterocycles. The number of hydrogen-bond donors (Lipinski definition) is 1. The van der Waals surface area contributed by atoms with E-state index in [0.717, 1.165) is 22.5 Å². The van der Waals surface area contributed by atoms with Crippen LogP contribution in [-0.2, 0) is 6.54 Å². The molecule has 2 heterocycles. The molecule has 0 aliphatic rings. The first-order chi connectivity index (χ1) is 7.38. The lowest BCUT2D eigenvalue weighted by atomic mass is 9.97. The van der Waals surface area contributed by atoms with Gasteiger partial charge in [-0.1, -0.05) is 20.8 Å². The number of H-pyrrole nitrogens is 1. The molecule has 2 aromatic rings. The highest BCUT2D eigenvalue weighted by Crippen LogP contribution is 2.21. The maximum atomic E-state index is 5.35. The van der Waals surface area contributed by atoms with Crippen molar-refractivity contribution >= 4 is 23.4 Å². The van der Waals surface area contributed by atoms with Gasteiger partial charge in [-0.15, -0.1) is 0 Å². The number of pyridine rings is 1. The van der Waals surface area contributed by atoms with Gasteiger partial charge in [0.05, 0.1) is 5.52 Å².